The number of benzene rings is 1. The van der Waals surface area contributed by atoms with Gasteiger partial charge in [-0.3, -0.25) is 10.1 Å². The first-order chi connectivity index (χ1) is 9.01. The zero-order valence-corrected chi connectivity index (χ0v) is 11.7. The molecule has 1 fully saturated rings. The van der Waals surface area contributed by atoms with Gasteiger partial charge in [0.05, 0.1) is 4.92 Å². The minimum Gasteiger partial charge on any atom is -0.369 e. The molecule has 0 amide bonds. The van der Waals surface area contributed by atoms with E-state index >= 15 is 0 Å². The maximum absolute atomic E-state index is 10.8. The van der Waals surface area contributed by atoms with Crippen LogP contribution in [0.1, 0.15) is 19.4 Å². The molecule has 2 unspecified atom stereocenters. The van der Waals surface area contributed by atoms with Crippen LogP contribution in [0.3, 0.4) is 0 Å². The van der Waals surface area contributed by atoms with Gasteiger partial charge in [0, 0.05) is 35.3 Å². The summed E-state index contributed by atoms with van der Waals surface area (Å²) in [6, 6.07) is 6.68. The number of nitro groups is 1. The molecule has 5 nitrogen and oxygen atoms in total. The van der Waals surface area contributed by atoms with Crippen LogP contribution < -0.4 is 4.90 Å². The summed E-state index contributed by atoms with van der Waals surface area (Å²) in [4.78, 5) is 12.5. The molecular formula is C13H15N3O2S. The molecule has 2 atom stereocenters. The average molecular weight is 277 g/mol. The summed E-state index contributed by atoms with van der Waals surface area (Å²) in [5, 5.41) is 20.9. The maximum atomic E-state index is 10.8. The van der Waals surface area contributed by atoms with Crippen molar-refractivity contribution in [2.75, 3.05) is 18.0 Å². The predicted octanol–water partition coefficient (Wildman–Crippen LogP) is 2.80. The average Bonchev–Trinajstić information content (AvgIpc) is 2.36. The van der Waals surface area contributed by atoms with Gasteiger partial charge in [-0.1, -0.05) is 13.8 Å². The highest BCUT2D eigenvalue weighted by Gasteiger charge is 2.24. The Labute approximate surface area is 116 Å². The van der Waals surface area contributed by atoms with E-state index in [2.05, 4.69) is 18.7 Å². The molecule has 0 spiro atoms. The Kier molecular flexibility index (Phi) is 3.96. The number of hydrogen-bond donors (Lipinski definition) is 0. The van der Waals surface area contributed by atoms with Crippen molar-refractivity contribution >= 4 is 23.1 Å². The summed E-state index contributed by atoms with van der Waals surface area (Å²) in [5.41, 5.74) is 0.890. The molecule has 6 heteroatoms. The largest absolute Gasteiger partial charge is 0.369 e. The Hall–Kier alpha value is -1.74. The van der Waals surface area contributed by atoms with Crippen LogP contribution in [-0.2, 0) is 0 Å². The molecule has 1 aliphatic heterocycles. The lowest BCUT2D eigenvalue weighted by atomic mass is 10.1. The van der Waals surface area contributed by atoms with E-state index < -0.39 is 4.92 Å². The van der Waals surface area contributed by atoms with E-state index in [-0.39, 0.29) is 11.3 Å². The van der Waals surface area contributed by atoms with Crippen LogP contribution in [0.2, 0.25) is 0 Å². The zero-order chi connectivity index (χ0) is 14.0. The van der Waals surface area contributed by atoms with E-state index in [9.17, 15) is 10.1 Å². The van der Waals surface area contributed by atoms with Gasteiger partial charge in [0.1, 0.15) is 11.6 Å². The molecule has 1 aliphatic rings. The molecule has 2 rings (SSSR count). The Morgan fingerprint density at radius 3 is 2.58 bits per heavy atom. The lowest BCUT2D eigenvalue weighted by Crippen LogP contribution is -2.40. The fraction of sp³-hybridized carbons (Fsp3) is 0.462. The van der Waals surface area contributed by atoms with Crippen LogP contribution in [-0.4, -0.2) is 28.5 Å². The van der Waals surface area contributed by atoms with Crippen LogP contribution >= 0.6 is 11.8 Å². The highest BCUT2D eigenvalue weighted by molar-refractivity contribution is 8.00. The summed E-state index contributed by atoms with van der Waals surface area (Å²) in [7, 11) is 0. The Morgan fingerprint density at radius 2 is 2.05 bits per heavy atom. The van der Waals surface area contributed by atoms with Crippen molar-refractivity contribution in [3.63, 3.8) is 0 Å². The quantitative estimate of drug-likeness (QED) is 0.614. The maximum Gasteiger partial charge on any atom is 0.287 e. The molecule has 1 aromatic carbocycles. The van der Waals surface area contributed by atoms with Crippen LogP contribution in [0, 0.1) is 21.4 Å². The van der Waals surface area contributed by atoms with E-state index in [0.29, 0.717) is 10.5 Å². The molecule has 1 heterocycles. The van der Waals surface area contributed by atoms with Crippen molar-refractivity contribution in [1.29, 1.82) is 5.26 Å². The first-order valence-corrected chi connectivity index (χ1v) is 7.04. The molecule has 19 heavy (non-hydrogen) atoms. The van der Waals surface area contributed by atoms with Gasteiger partial charge in [-0.15, -0.1) is 0 Å². The molecule has 0 aromatic heterocycles. The first-order valence-electron chi connectivity index (χ1n) is 6.10. The van der Waals surface area contributed by atoms with Crippen molar-refractivity contribution in [1.82, 2.24) is 0 Å². The number of nitro benzene ring substituents is 1. The molecule has 0 aliphatic carbocycles. The second kappa shape index (κ2) is 5.49. The highest BCUT2D eigenvalue weighted by Crippen LogP contribution is 2.30. The third kappa shape index (κ3) is 2.99. The standard InChI is InChI=1S/C13H15N3O2S/c1-9-7-15(8-10(2)19-9)12-3-4-13(16(17)18)11(5-12)6-14/h3-5,9-10H,7-8H2,1-2H3. The number of anilines is 1. The fourth-order valence-electron chi connectivity index (χ4n) is 2.36. The summed E-state index contributed by atoms with van der Waals surface area (Å²) in [6.45, 7) is 6.14. The number of rotatable bonds is 2. The minimum atomic E-state index is -0.514. The number of hydrogen-bond acceptors (Lipinski definition) is 5. The van der Waals surface area contributed by atoms with E-state index in [1.807, 2.05) is 17.8 Å². The van der Waals surface area contributed by atoms with Gasteiger partial charge in [-0.25, -0.2) is 0 Å². The fourth-order valence-corrected chi connectivity index (χ4v) is 3.68. The van der Waals surface area contributed by atoms with Crippen molar-refractivity contribution < 1.29 is 4.92 Å². The van der Waals surface area contributed by atoms with Crippen molar-refractivity contribution in [3.05, 3.63) is 33.9 Å². The monoisotopic (exact) mass is 277 g/mol. The second-order valence-electron chi connectivity index (χ2n) is 4.73. The Morgan fingerprint density at radius 1 is 1.42 bits per heavy atom. The Bertz CT molecular complexity index is 531. The summed E-state index contributed by atoms with van der Waals surface area (Å²) < 4.78 is 0. The molecule has 0 saturated carbocycles. The molecular weight excluding hydrogens is 262 g/mol. The molecule has 0 N–H and O–H groups in total. The zero-order valence-electron chi connectivity index (χ0n) is 10.9. The molecule has 0 bridgehead atoms. The predicted molar refractivity (Wildman–Crippen MR) is 76.5 cm³/mol. The third-order valence-corrected chi connectivity index (χ3v) is 4.31. The molecule has 1 aromatic rings. The number of thioether (sulfide) groups is 1. The van der Waals surface area contributed by atoms with Crippen LogP contribution in [0.15, 0.2) is 18.2 Å². The van der Waals surface area contributed by atoms with Gasteiger partial charge in [0.2, 0.25) is 0 Å². The lowest BCUT2D eigenvalue weighted by Gasteiger charge is -2.36. The van der Waals surface area contributed by atoms with Gasteiger partial charge in [0.25, 0.3) is 5.69 Å². The van der Waals surface area contributed by atoms with Crippen LogP contribution in [0.25, 0.3) is 0 Å². The van der Waals surface area contributed by atoms with Crippen molar-refractivity contribution in [2.45, 2.75) is 24.3 Å². The van der Waals surface area contributed by atoms with Gasteiger partial charge in [-0.2, -0.15) is 17.0 Å². The smallest absolute Gasteiger partial charge is 0.287 e. The third-order valence-electron chi connectivity index (χ3n) is 3.08. The minimum absolute atomic E-state index is 0.126. The SMILES string of the molecule is CC1CN(c2ccc([N+](=O)[O-])c(C#N)c2)CC(C)S1. The van der Waals surface area contributed by atoms with Crippen LogP contribution in [0.4, 0.5) is 11.4 Å². The van der Waals surface area contributed by atoms with E-state index in [4.69, 9.17) is 5.26 Å². The van der Waals surface area contributed by atoms with E-state index in [1.165, 1.54) is 6.07 Å². The topological polar surface area (TPSA) is 70.2 Å². The molecule has 0 radical (unpaired) electrons. The second-order valence-corrected chi connectivity index (χ2v) is 6.61. The van der Waals surface area contributed by atoms with Crippen molar-refractivity contribution in [3.8, 4) is 6.07 Å². The Balaban J connectivity index is 2.31. The van der Waals surface area contributed by atoms with Gasteiger partial charge >= 0.3 is 0 Å². The first kappa shape index (κ1) is 13.7. The van der Waals surface area contributed by atoms with Gasteiger partial charge in [-0.05, 0) is 12.1 Å². The lowest BCUT2D eigenvalue weighted by molar-refractivity contribution is -0.385. The number of nitriles is 1. The van der Waals surface area contributed by atoms with Gasteiger partial charge < -0.3 is 4.90 Å². The van der Waals surface area contributed by atoms with Gasteiger partial charge in [0.15, 0.2) is 0 Å². The van der Waals surface area contributed by atoms with E-state index in [0.717, 1.165) is 18.8 Å². The van der Waals surface area contributed by atoms with Crippen molar-refractivity contribution in [2.24, 2.45) is 0 Å². The number of nitrogens with zero attached hydrogens (tertiary/aromatic N) is 3. The molecule has 100 valence electrons. The summed E-state index contributed by atoms with van der Waals surface area (Å²) in [5.74, 6) is 0. The summed E-state index contributed by atoms with van der Waals surface area (Å²) >= 11 is 1.94. The summed E-state index contributed by atoms with van der Waals surface area (Å²) in [6.07, 6.45) is 0. The molecule has 1 saturated heterocycles. The highest BCUT2D eigenvalue weighted by atomic mass is 32.2. The normalized spacial score (nSPS) is 22.9. The van der Waals surface area contributed by atoms with E-state index in [1.54, 1.807) is 12.1 Å². The van der Waals surface area contributed by atoms with Crippen LogP contribution in [0.5, 0.6) is 0 Å².